The quantitative estimate of drug-likeness (QED) is 0.811. The molecule has 0 heterocycles. The molecular weight excluding hydrogens is 186 g/mol. The number of nitrogens with two attached hydrogens (primary N) is 1. The first-order valence-electron chi connectivity index (χ1n) is 4.18. The van der Waals surface area contributed by atoms with Gasteiger partial charge < -0.3 is 10.5 Å². The van der Waals surface area contributed by atoms with E-state index >= 15 is 0 Å². The van der Waals surface area contributed by atoms with Crippen LogP contribution in [-0.2, 0) is 4.74 Å². The maximum Gasteiger partial charge on any atom is 0.0943 e. The molecule has 0 radical (unpaired) electrons. The SMILES string of the molecule is COC(CN)c1ccc(C)c(Cl)c1. The van der Waals surface area contributed by atoms with Gasteiger partial charge in [-0.3, -0.25) is 0 Å². The molecule has 2 nitrogen and oxygen atoms in total. The van der Waals surface area contributed by atoms with Crippen LogP contribution in [0.5, 0.6) is 0 Å². The summed E-state index contributed by atoms with van der Waals surface area (Å²) in [6.45, 7) is 2.44. The second-order valence-corrected chi connectivity index (χ2v) is 3.38. The topological polar surface area (TPSA) is 35.2 Å². The molecule has 0 aliphatic rings. The summed E-state index contributed by atoms with van der Waals surface area (Å²) in [6, 6.07) is 5.86. The summed E-state index contributed by atoms with van der Waals surface area (Å²) in [5.41, 5.74) is 7.63. The van der Waals surface area contributed by atoms with Gasteiger partial charge in [-0.15, -0.1) is 0 Å². The largest absolute Gasteiger partial charge is 0.375 e. The Bertz CT molecular complexity index is 284. The van der Waals surface area contributed by atoms with Crippen LogP contribution in [-0.4, -0.2) is 13.7 Å². The average Bonchev–Trinajstić information content (AvgIpc) is 2.13. The predicted octanol–water partition coefficient (Wildman–Crippen LogP) is 2.29. The number of halogens is 1. The van der Waals surface area contributed by atoms with E-state index in [-0.39, 0.29) is 6.10 Å². The number of benzene rings is 1. The first-order chi connectivity index (χ1) is 6.19. The van der Waals surface area contributed by atoms with E-state index < -0.39 is 0 Å². The summed E-state index contributed by atoms with van der Waals surface area (Å²) >= 11 is 5.98. The van der Waals surface area contributed by atoms with Crippen LogP contribution in [0.25, 0.3) is 0 Å². The Labute approximate surface area is 83.6 Å². The third-order valence-corrected chi connectivity index (χ3v) is 2.47. The first kappa shape index (κ1) is 10.5. The van der Waals surface area contributed by atoms with Crippen molar-refractivity contribution in [2.75, 3.05) is 13.7 Å². The van der Waals surface area contributed by atoms with Crippen LogP contribution in [0.1, 0.15) is 17.2 Å². The molecule has 1 aromatic carbocycles. The number of hydrogen-bond acceptors (Lipinski definition) is 2. The standard InChI is InChI=1S/C10H14ClNO/c1-7-3-4-8(5-9(7)11)10(6-12)13-2/h3-5,10H,6,12H2,1-2H3. The minimum atomic E-state index is -0.0573. The summed E-state index contributed by atoms with van der Waals surface area (Å²) < 4.78 is 5.20. The van der Waals surface area contributed by atoms with Crippen molar-refractivity contribution < 1.29 is 4.74 Å². The Morgan fingerprint density at radius 3 is 2.69 bits per heavy atom. The first-order valence-corrected chi connectivity index (χ1v) is 4.55. The lowest BCUT2D eigenvalue weighted by atomic mass is 10.1. The fourth-order valence-electron chi connectivity index (χ4n) is 1.18. The number of methoxy groups -OCH3 is 1. The Hall–Kier alpha value is -0.570. The molecule has 0 saturated carbocycles. The maximum absolute atomic E-state index is 5.98. The molecule has 1 aromatic rings. The van der Waals surface area contributed by atoms with Gasteiger partial charge in [-0.05, 0) is 24.1 Å². The summed E-state index contributed by atoms with van der Waals surface area (Å²) in [5, 5.41) is 0.757. The zero-order valence-electron chi connectivity index (χ0n) is 7.88. The normalized spacial score (nSPS) is 12.9. The maximum atomic E-state index is 5.98. The van der Waals surface area contributed by atoms with E-state index in [1.165, 1.54) is 0 Å². The molecule has 3 heteroatoms. The molecule has 2 N–H and O–H groups in total. The highest BCUT2D eigenvalue weighted by Crippen LogP contribution is 2.22. The van der Waals surface area contributed by atoms with Gasteiger partial charge in [0, 0.05) is 18.7 Å². The van der Waals surface area contributed by atoms with Gasteiger partial charge in [0.2, 0.25) is 0 Å². The Kier molecular flexibility index (Phi) is 3.72. The number of rotatable bonds is 3. The fourth-order valence-corrected chi connectivity index (χ4v) is 1.37. The molecule has 0 bridgehead atoms. The van der Waals surface area contributed by atoms with Crippen LogP contribution in [0.3, 0.4) is 0 Å². The highest BCUT2D eigenvalue weighted by Gasteiger charge is 2.08. The second kappa shape index (κ2) is 4.61. The van der Waals surface area contributed by atoms with Crippen LogP contribution in [0, 0.1) is 6.92 Å². The summed E-state index contributed by atoms with van der Waals surface area (Å²) in [5.74, 6) is 0. The zero-order valence-corrected chi connectivity index (χ0v) is 8.64. The van der Waals surface area contributed by atoms with E-state index in [0.717, 1.165) is 16.1 Å². The van der Waals surface area contributed by atoms with Crippen LogP contribution in [0.4, 0.5) is 0 Å². The van der Waals surface area contributed by atoms with Gasteiger partial charge in [-0.2, -0.15) is 0 Å². The molecule has 1 rings (SSSR count). The molecule has 1 atom stereocenters. The molecular formula is C10H14ClNO. The second-order valence-electron chi connectivity index (χ2n) is 2.97. The summed E-state index contributed by atoms with van der Waals surface area (Å²) in [6.07, 6.45) is -0.0573. The number of aryl methyl sites for hydroxylation is 1. The van der Waals surface area contributed by atoms with Gasteiger partial charge in [0.25, 0.3) is 0 Å². The smallest absolute Gasteiger partial charge is 0.0943 e. The number of hydrogen-bond donors (Lipinski definition) is 1. The molecule has 0 amide bonds. The lowest BCUT2D eigenvalue weighted by Crippen LogP contribution is -2.14. The Balaban J connectivity index is 2.95. The molecule has 0 fully saturated rings. The fraction of sp³-hybridized carbons (Fsp3) is 0.400. The average molecular weight is 200 g/mol. The molecule has 0 spiro atoms. The van der Waals surface area contributed by atoms with Crippen molar-refractivity contribution in [3.05, 3.63) is 34.3 Å². The van der Waals surface area contributed by atoms with Crippen LogP contribution in [0.2, 0.25) is 5.02 Å². The van der Waals surface area contributed by atoms with Crippen molar-refractivity contribution in [3.63, 3.8) is 0 Å². The van der Waals surface area contributed by atoms with Crippen molar-refractivity contribution >= 4 is 11.6 Å². The van der Waals surface area contributed by atoms with Crippen molar-refractivity contribution in [2.45, 2.75) is 13.0 Å². The minimum Gasteiger partial charge on any atom is -0.375 e. The lowest BCUT2D eigenvalue weighted by molar-refractivity contribution is 0.110. The number of ether oxygens (including phenoxy) is 1. The molecule has 1 unspecified atom stereocenters. The minimum absolute atomic E-state index is 0.0573. The summed E-state index contributed by atoms with van der Waals surface area (Å²) in [4.78, 5) is 0. The summed E-state index contributed by atoms with van der Waals surface area (Å²) in [7, 11) is 1.64. The van der Waals surface area contributed by atoms with Crippen molar-refractivity contribution in [1.29, 1.82) is 0 Å². The molecule has 13 heavy (non-hydrogen) atoms. The third kappa shape index (κ3) is 2.44. The van der Waals surface area contributed by atoms with Crippen LogP contribution in [0.15, 0.2) is 18.2 Å². The van der Waals surface area contributed by atoms with E-state index in [1.807, 2.05) is 25.1 Å². The molecule has 0 aliphatic carbocycles. The van der Waals surface area contributed by atoms with Crippen LogP contribution < -0.4 is 5.73 Å². The highest BCUT2D eigenvalue weighted by molar-refractivity contribution is 6.31. The molecule has 72 valence electrons. The Morgan fingerprint density at radius 1 is 1.54 bits per heavy atom. The van der Waals surface area contributed by atoms with Gasteiger partial charge in [-0.25, -0.2) is 0 Å². The van der Waals surface area contributed by atoms with E-state index in [4.69, 9.17) is 22.1 Å². The van der Waals surface area contributed by atoms with Gasteiger partial charge in [-0.1, -0.05) is 23.7 Å². The molecule has 0 saturated heterocycles. The van der Waals surface area contributed by atoms with Gasteiger partial charge in [0.15, 0.2) is 0 Å². The van der Waals surface area contributed by atoms with E-state index in [1.54, 1.807) is 7.11 Å². The van der Waals surface area contributed by atoms with E-state index in [9.17, 15) is 0 Å². The molecule has 0 aliphatic heterocycles. The molecule has 0 aromatic heterocycles. The zero-order chi connectivity index (χ0) is 9.84. The van der Waals surface area contributed by atoms with Gasteiger partial charge in [0.05, 0.1) is 6.10 Å². The van der Waals surface area contributed by atoms with Crippen molar-refractivity contribution in [3.8, 4) is 0 Å². The van der Waals surface area contributed by atoms with E-state index in [0.29, 0.717) is 6.54 Å². The van der Waals surface area contributed by atoms with Crippen molar-refractivity contribution in [2.24, 2.45) is 5.73 Å². The van der Waals surface area contributed by atoms with Gasteiger partial charge in [0.1, 0.15) is 0 Å². The van der Waals surface area contributed by atoms with Crippen molar-refractivity contribution in [1.82, 2.24) is 0 Å². The third-order valence-electron chi connectivity index (χ3n) is 2.07. The van der Waals surface area contributed by atoms with Gasteiger partial charge >= 0.3 is 0 Å². The lowest BCUT2D eigenvalue weighted by Gasteiger charge is -2.13. The Morgan fingerprint density at radius 2 is 2.23 bits per heavy atom. The monoisotopic (exact) mass is 199 g/mol. The van der Waals surface area contributed by atoms with E-state index in [2.05, 4.69) is 0 Å². The highest BCUT2D eigenvalue weighted by atomic mass is 35.5. The predicted molar refractivity (Wildman–Crippen MR) is 55.0 cm³/mol. The van der Waals surface area contributed by atoms with Crippen LogP contribution >= 0.6 is 11.6 Å².